The maximum absolute atomic E-state index is 13.5. The number of benzene rings is 2. The number of aryl methyl sites for hydroxylation is 2. The van der Waals surface area contributed by atoms with Crippen LogP contribution in [-0.2, 0) is 35.3 Å². The lowest BCUT2D eigenvalue weighted by atomic mass is 9.61. The number of nitrogens with one attached hydrogen (secondary N) is 1. The third-order valence-corrected chi connectivity index (χ3v) is 14.2. The first kappa shape index (κ1) is 33.4. The fourth-order valence-corrected chi connectivity index (χ4v) is 10.3. The number of sulfonamides is 1. The summed E-state index contributed by atoms with van der Waals surface area (Å²) < 4.78 is 37.9. The summed E-state index contributed by atoms with van der Waals surface area (Å²) in [5.74, 6) is 0.942. The molecule has 7 rings (SSSR count). The smallest absolute Gasteiger partial charge is 0.264 e. The molecule has 9 nitrogen and oxygen atoms in total. The topological polar surface area (TPSA) is 114 Å². The van der Waals surface area contributed by atoms with Crippen LogP contribution in [0.5, 0.6) is 5.75 Å². The molecule has 2 N–H and O–H groups in total. The molecule has 6 atom stereocenters. The predicted molar refractivity (Wildman–Crippen MR) is 187 cm³/mol. The van der Waals surface area contributed by atoms with E-state index in [1.54, 1.807) is 31.3 Å². The summed E-state index contributed by atoms with van der Waals surface area (Å²) in [5, 5.41) is 12.5. The Hall–Kier alpha value is -3.08. The average molecular weight is 695 g/mol. The van der Waals surface area contributed by atoms with Crippen molar-refractivity contribution in [1.29, 1.82) is 0 Å². The molecule has 2 aliphatic heterocycles. The normalized spacial score (nSPS) is 31.9. The highest BCUT2D eigenvalue weighted by Gasteiger charge is 2.49. The molecule has 1 aromatic heterocycles. The van der Waals surface area contributed by atoms with Gasteiger partial charge in [-0.15, -0.1) is 0 Å². The van der Waals surface area contributed by atoms with Crippen molar-refractivity contribution in [2.24, 2.45) is 24.8 Å². The monoisotopic (exact) mass is 694 g/mol. The van der Waals surface area contributed by atoms with Crippen LogP contribution in [0, 0.1) is 17.8 Å². The number of anilines is 1. The molecule has 4 aliphatic rings. The first-order valence-electron chi connectivity index (χ1n) is 17.4. The highest BCUT2D eigenvalue weighted by molar-refractivity contribution is 7.90. The van der Waals surface area contributed by atoms with Gasteiger partial charge in [-0.25, -0.2) is 18.1 Å². The van der Waals surface area contributed by atoms with Gasteiger partial charge in [0.15, 0.2) is 0 Å². The summed E-state index contributed by atoms with van der Waals surface area (Å²) in [6.07, 6.45) is 10.8. The van der Waals surface area contributed by atoms with Gasteiger partial charge in [-0.2, -0.15) is 0 Å². The van der Waals surface area contributed by atoms with Crippen molar-refractivity contribution in [3.05, 3.63) is 76.3 Å². The van der Waals surface area contributed by atoms with Crippen molar-refractivity contribution in [3.63, 3.8) is 0 Å². The number of carbonyl (C=O) groups is 1. The van der Waals surface area contributed by atoms with E-state index in [0.29, 0.717) is 51.1 Å². The third kappa shape index (κ3) is 6.13. The Bertz CT molecular complexity index is 1810. The summed E-state index contributed by atoms with van der Waals surface area (Å²) >= 11 is 6.45. The quantitative estimate of drug-likeness (QED) is 0.348. The molecule has 1 saturated carbocycles. The van der Waals surface area contributed by atoms with E-state index in [0.717, 1.165) is 48.6 Å². The number of hydrogen-bond acceptors (Lipinski definition) is 7. The maximum Gasteiger partial charge on any atom is 0.264 e. The van der Waals surface area contributed by atoms with Crippen molar-refractivity contribution < 1.29 is 23.1 Å². The summed E-state index contributed by atoms with van der Waals surface area (Å²) in [4.78, 5) is 20.5. The number of aromatic nitrogens is 2. The second-order valence-corrected chi connectivity index (χ2v) is 17.5. The first-order valence-corrected chi connectivity index (χ1v) is 19.4. The van der Waals surface area contributed by atoms with E-state index in [2.05, 4.69) is 26.7 Å². The van der Waals surface area contributed by atoms with E-state index < -0.39 is 26.8 Å². The summed E-state index contributed by atoms with van der Waals surface area (Å²) in [6.45, 7) is 5.41. The van der Waals surface area contributed by atoms with Gasteiger partial charge in [0.25, 0.3) is 5.91 Å². The number of rotatable bonds is 2. The molecule has 2 aromatic carbocycles. The second-order valence-electron chi connectivity index (χ2n) is 15.0. The Morgan fingerprint density at radius 3 is 2.69 bits per heavy atom. The number of halogens is 1. The standard InChI is InChI=1S/C37H47ClN4O5S/c1-24-6-4-15-37(44,20-34-39-16-17-41(34)3)31-11-8-28(31)21-42-22-36(14-5-7-26-18-29(38)10-12-30(26)36)23-47-33-13-9-27(19-32(33)42)35(43)40-48(45,46)25(24)2/h9-10,12-13,16-19,24-25,28,31,44H,4-8,11,14-15,20-23H2,1-3H3,(H,40,43)/t24-,25+,28-,31+,36-,37-/m0/s1. The van der Waals surface area contributed by atoms with Crippen LogP contribution in [0.1, 0.15) is 86.1 Å². The average Bonchev–Trinajstić information content (AvgIpc) is 3.35. The molecule has 0 saturated heterocycles. The van der Waals surface area contributed by atoms with Crippen molar-refractivity contribution in [2.45, 2.75) is 87.9 Å². The van der Waals surface area contributed by atoms with Crippen LogP contribution < -0.4 is 14.4 Å². The number of aliphatic hydroxyl groups is 1. The van der Waals surface area contributed by atoms with Gasteiger partial charge in [-0.05, 0) is 111 Å². The van der Waals surface area contributed by atoms with Gasteiger partial charge in [0.05, 0.1) is 23.1 Å². The summed E-state index contributed by atoms with van der Waals surface area (Å²) in [5.41, 5.74) is 2.27. The predicted octanol–water partition coefficient (Wildman–Crippen LogP) is 5.81. The number of ether oxygens (including phenoxy) is 1. The summed E-state index contributed by atoms with van der Waals surface area (Å²) in [6, 6.07) is 11.4. The van der Waals surface area contributed by atoms with Crippen LogP contribution >= 0.6 is 11.6 Å². The van der Waals surface area contributed by atoms with Crippen LogP contribution in [0.15, 0.2) is 48.8 Å². The van der Waals surface area contributed by atoms with E-state index in [1.165, 1.54) is 11.1 Å². The Kier molecular flexibility index (Phi) is 8.82. The van der Waals surface area contributed by atoms with Crippen LogP contribution in [0.2, 0.25) is 5.02 Å². The number of carbonyl (C=O) groups excluding carboxylic acids is 1. The number of fused-ring (bicyclic) bond motifs is 4. The maximum atomic E-state index is 13.5. The molecule has 258 valence electrons. The van der Waals surface area contributed by atoms with Crippen molar-refractivity contribution in [1.82, 2.24) is 14.3 Å². The van der Waals surface area contributed by atoms with Gasteiger partial charge < -0.3 is 19.3 Å². The van der Waals surface area contributed by atoms with E-state index in [1.807, 2.05) is 30.8 Å². The molecule has 48 heavy (non-hydrogen) atoms. The highest BCUT2D eigenvalue weighted by atomic mass is 35.5. The van der Waals surface area contributed by atoms with Gasteiger partial charge in [-0.3, -0.25) is 4.79 Å². The fraction of sp³-hybridized carbons (Fsp3) is 0.568. The minimum Gasteiger partial charge on any atom is -0.490 e. The van der Waals surface area contributed by atoms with Gasteiger partial charge in [0.2, 0.25) is 10.0 Å². The zero-order valence-corrected chi connectivity index (χ0v) is 29.7. The molecule has 0 radical (unpaired) electrons. The SMILES string of the molecule is C[C@@H]1[C@@H](C)CCC[C@](O)(Cc2nccn2C)[C@@H]2CC[C@H]2CN2C[C@@]3(CCCc4cc(Cl)ccc43)COc3ccc(cc32)C(=O)NS1(=O)=O. The van der Waals surface area contributed by atoms with E-state index >= 15 is 0 Å². The molecular formula is C37H47ClN4O5S. The van der Waals surface area contributed by atoms with Crippen LogP contribution in [0.4, 0.5) is 5.69 Å². The largest absolute Gasteiger partial charge is 0.490 e. The molecule has 2 bridgehead atoms. The molecule has 2 aliphatic carbocycles. The van der Waals surface area contributed by atoms with Crippen LogP contribution in [0.3, 0.4) is 0 Å². The van der Waals surface area contributed by atoms with E-state index in [9.17, 15) is 18.3 Å². The molecule has 1 amide bonds. The number of imidazole rings is 1. The Morgan fingerprint density at radius 2 is 1.94 bits per heavy atom. The zero-order valence-electron chi connectivity index (χ0n) is 28.1. The second kappa shape index (κ2) is 12.7. The minimum atomic E-state index is -3.95. The molecular weight excluding hydrogens is 648 g/mol. The highest BCUT2D eigenvalue weighted by Crippen LogP contribution is 2.49. The van der Waals surface area contributed by atoms with Gasteiger partial charge in [0, 0.05) is 55.0 Å². The lowest BCUT2D eigenvalue weighted by molar-refractivity contribution is -0.0895. The lowest BCUT2D eigenvalue weighted by Crippen LogP contribution is -2.54. The van der Waals surface area contributed by atoms with Crippen LogP contribution in [-0.4, -0.2) is 59.5 Å². The number of hydrogen-bond donors (Lipinski definition) is 2. The molecule has 3 aromatic rings. The van der Waals surface area contributed by atoms with E-state index in [-0.39, 0.29) is 28.7 Å². The Morgan fingerprint density at radius 1 is 1.10 bits per heavy atom. The van der Waals surface area contributed by atoms with Crippen molar-refractivity contribution in [3.8, 4) is 5.75 Å². The third-order valence-electron chi connectivity index (χ3n) is 12.0. The minimum absolute atomic E-state index is 0.0473. The summed E-state index contributed by atoms with van der Waals surface area (Å²) in [7, 11) is -1.99. The number of nitrogens with zero attached hydrogens (tertiary/aromatic N) is 3. The zero-order chi connectivity index (χ0) is 33.8. The Labute approximate surface area is 289 Å². The van der Waals surface area contributed by atoms with Crippen molar-refractivity contribution in [2.75, 3.05) is 24.6 Å². The molecule has 3 heterocycles. The number of amides is 1. The van der Waals surface area contributed by atoms with Crippen molar-refractivity contribution >= 4 is 33.2 Å². The molecule has 1 fully saturated rings. The molecule has 11 heteroatoms. The van der Waals surface area contributed by atoms with Gasteiger partial charge >= 0.3 is 0 Å². The Balaban J connectivity index is 1.31. The van der Waals surface area contributed by atoms with Crippen LogP contribution in [0.25, 0.3) is 0 Å². The van der Waals surface area contributed by atoms with Gasteiger partial charge in [0.1, 0.15) is 11.6 Å². The fourth-order valence-electron chi connectivity index (χ4n) is 8.83. The van der Waals surface area contributed by atoms with Gasteiger partial charge in [-0.1, -0.05) is 31.0 Å². The molecule has 1 spiro atoms. The lowest BCUT2D eigenvalue weighted by Gasteiger charge is -2.50. The first-order chi connectivity index (χ1) is 22.9. The van der Waals surface area contributed by atoms with E-state index in [4.69, 9.17) is 16.3 Å². The molecule has 0 unspecified atom stereocenters.